The number of rotatable bonds is 3. The van der Waals surface area contributed by atoms with Crippen LogP contribution in [0.5, 0.6) is 0 Å². The predicted molar refractivity (Wildman–Crippen MR) is 91.9 cm³/mol. The van der Waals surface area contributed by atoms with E-state index in [9.17, 15) is 4.79 Å². The molecular formula is C18H20N4O. The molecule has 0 atom stereocenters. The van der Waals surface area contributed by atoms with Gasteiger partial charge in [-0.25, -0.2) is 9.97 Å². The van der Waals surface area contributed by atoms with E-state index in [4.69, 9.17) is 0 Å². The second kappa shape index (κ2) is 7.05. The van der Waals surface area contributed by atoms with E-state index in [1.807, 2.05) is 53.5 Å². The van der Waals surface area contributed by atoms with Gasteiger partial charge in [-0.3, -0.25) is 4.79 Å². The largest absolute Gasteiger partial charge is 0.353 e. The Morgan fingerprint density at radius 1 is 1.04 bits per heavy atom. The minimum Gasteiger partial charge on any atom is -0.353 e. The normalized spacial score (nSPS) is 15.2. The van der Waals surface area contributed by atoms with Crippen LogP contribution in [0.4, 0.5) is 5.82 Å². The molecule has 1 aromatic heterocycles. The molecule has 1 saturated heterocycles. The number of amides is 1. The first-order chi connectivity index (χ1) is 11.2. The molecule has 0 bridgehead atoms. The molecule has 0 unspecified atom stereocenters. The Balaban J connectivity index is 1.68. The number of hydrogen-bond acceptors (Lipinski definition) is 4. The second-order valence-corrected chi connectivity index (χ2v) is 5.51. The highest BCUT2D eigenvalue weighted by Gasteiger charge is 2.19. The van der Waals surface area contributed by atoms with Gasteiger partial charge in [-0.05, 0) is 17.7 Å². The van der Waals surface area contributed by atoms with Gasteiger partial charge >= 0.3 is 0 Å². The molecule has 2 aromatic rings. The van der Waals surface area contributed by atoms with E-state index in [1.54, 1.807) is 13.1 Å². The van der Waals surface area contributed by atoms with Crippen molar-refractivity contribution in [3.63, 3.8) is 0 Å². The molecule has 1 aliphatic heterocycles. The van der Waals surface area contributed by atoms with Crippen LogP contribution in [0.2, 0.25) is 0 Å². The molecule has 0 N–H and O–H groups in total. The van der Waals surface area contributed by atoms with E-state index in [2.05, 4.69) is 14.9 Å². The molecule has 2 heterocycles. The van der Waals surface area contributed by atoms with Crippen molar-refractivity contribution in [3.8, 4) is 0 Å². The number of piperazine rings is 1. The first kappa shape index (κ1) is 15.2. The van der Waals surface area contributed by atoms with E-state index >= 15 is 0 Å². The highest BCUT2D eigenvalue weighted by molar-refractivity contribution is 5.73. The predicted octanol–water partition coefficient (Wildman–Crippen LogP) is 2.32. The Hall–Kier alpha value is -2.69. The van der Waals surface area contributed by atoms with E-state index in [0.717, 1.165) is 37.6 Å². The number of nitrogens with zero attached hydrogens (tertiary/aromatic N) is 4. The van der Waals surface area contributed by atoms with E-state index in [1.165, 1.54) is 0 Å². The first-order valence-corrected chi connectivity index (χ1v) is 7.79. The molecule has 118 valence electrons. The van der Waals surface area contributed by atoms with Gasteiger partial charge < -0.3 is 9.80 Å². The monoisotopic (exact) mass is 308 g/mol. The van der Waals surface area contributed by atoms with Gasteiger partial charge in [0.25, 0.3) is 0 Å². The highest BCUT2D eigenvalue weighted by Crippen LogP contribution is 2.14. The van der Waals surface area contributed by atoms with Crippen molar-refractivity contribution in [3.05, 3.63) is 54.0 Å². The molecule has 0 radical (unpaired) electrons. The molecule has 0 spiro atoms. The van der Waals surface area contributed by atoms with Crippen LogP contribution in [0.15, 0.2) is 42.6 Å². The van der Waals surface area contributed by atoms with E-state index < -0.39 is 0 Å². The summed E-state index contributed by atoms with van der Waals surface area (Å²) in [6.07, 6.45) is 5.71. The number of hydrogen-bond donors (Lipinski definition) is 0. The molecule has 23 heavy (non-hydrogen) atoms. The molecule has 0 saturated carbocycles. The lowest BCUT2D eigenvalue weighted by Gasteiger charge is -2.34. The molecule has 1 aromatic carbocycles. The quantitative estimate of drug-likeness (QED) is 0.873. The summed E-state index contributed by atoms with van der Waals surface area (Å²) < 4.78 is 0. The molecule has 5 heteroatoms. The van der Waals surface area contributed by atoms with Crippen molar-refractivity contribution >= 4 is 23.9 Å². The van der Waals surface area contributed by atoms with Gasteiger partial charge in [0.15, 0.2) is 5.82 Å². The Morgan fingerprint density at radius 2 is 1.78 bits per heavy atom. The summed E-state index contributed by atoms with van der Waals surface area (Å²) in [7, 11) is 0. The summed E-state index contributed by atoms with van der Waals surface area (Å²) in [6.45, 7) is 4.72. The molecule has 1 aliphatic rings. The van der Waals surface area contributed by atoms with Gasteiger partial charge in [-0.15, -0.1) is 0 Å². The van der Waals surface area contributed by atoms with Crippen LogP contribution in [0.25, 0.3) is 12.2 Å². The number of aromatic nitrogens is 2. The van der Waals surface area contributed by atoms with Crippen molar-refractivity contribution in [2.75, 3.05) is 31.1 Å². The van der Waals surface area contributed by atoms with Crippen molar-refractivity contribution in [1.29, 1.82) is 0 Å². The topological polar surface area (TPSA) is 49.3 Å². The summed E-state index contributed by atoms with van der Waals surface area (Å²) >= 11 is 0. The van der Waals surface area contributed by atoms with Crippen molar-refractivity contribution in [2.24, 2.45) is 0 Å². The van der Waals surface area contributed by atoms with E-state index in [0.29, 0.717) is 5.82 Å². The molecule has 5 nitrogen and oxygen atoms in total. The molecule has 1 amide bonds. The lowest BCUT2D eigenvalue weighted by molar-refractivity contribution is -0.129. The zero-order valence-electron chi connectivity index (χ0n) is 13.2. The third-order valence-electron chi connectivity index (χ3n) is 3.93. The summed E-state index contributed by atoms with van der Waals surface area (Å²) in [5.74, 6) is 1.75. The Kier molecular flexibility index (Phi) is 4.66. The SMILES string of the molecule is CC(=O)N1CCN(c2ccnc(/C=C/c3ccccc3)n2)CC1. The number of anilines is 1. The average molecular weight is 308 g/mol. The maximum Gasteiger partial charge on any atom is 0.219 e. The molecule has 3 rings (SSSR count). The lowest BCUT2D eigenvalue weighted by Crippen LogP contribution is -2.48. The maximum atomic E-state index is 11.4. The van der Waals surface area contributed by atoms with Crippen molar-refractivity contribution in [2.45, 2.75) is 6.92 Å². The standard InChI is InChI=1S/C18H20N4O/c1-15(23)21-11-13-22(14-12-21)18-9-10-19-17(20-18)8-7-16-5-3-2-4-6-16/h2-10H,11-14H2,1H3/b8-7+. The minimum absolute atomic E-state index is 0.138. The van der Waals surface area contributed by atoms with Gasteiger partial charge in [0.1, 0.15) is 5.82 Å². The average Bonchev–Trinajstić information content (AvgIpc) is 2.61. The van der Waals surface area contributed by atoms with Crippen LogP contribution in [-0.4, -0.2) is 47.0 Å². The van der Waals surface area contributed by atoms with Gasteiger partial charge in [-0.2, -0.15) is 0 Å². The Bertz CT molecular complexity index is 691. The van der Waals surface area contributed by atoms with Crippen molar-refractivity contribution in [1.82, 2.24) is 14.9 Å². The van der Waals surface area contributed by atoms with Crippen molar-refractivity contribution < 1.29 is 4.79 Å². The summed E-state index contributed by atoms with van der Waals surface area (Å²) in [5.41, 5.74) is 1.12. The van der Waals surface area contributed by atoms with Crippen LogP contribution in [-0.2, 0) is 4.79 Å². The van der Waals surface area contributed by atoms with Crippen LogP contribution in [0, 0.1) is 0 Å². The van der Waals surface area contributed by atoms with E-state index in [-0.39, 0.29) is 5.91 Å². The number of carbonyl (C=O) groups excluding carboxylic acids is 1. The fourth-order valence-electron chi connectivity index (χ4n) is 2.61. The summed E-state index contributed by atoms with van der Waals surface area (Å²) in [6, 6.07) is 12.0. The van der Waals surface area contributed by atoms with Gasteiger partial charge in [0.2, 0.25) is 5.91 Å². The number of carbonyl (C=O) groups is 1. The van der Waals surface area contributed by atoms with Crippen LogP contribution >= 0.6 is 0 Å². The van der Waals surface area contributed by atoms with Gasteiger partial charge in [0.05, 0.1) is 0 Å². The fraction of sp³-hybridized carbons (Fsp3) is 0.278. The smallest absolute Gasteiger partial charge is 0.219 e. The molecule has 0 aliphatic carbocycles. The molecule has 1 fully saturated rings. The first-order valence-electron chi connectivity index (χ1n) is 7.79. The Morgan fingerprint density at radius 3 is 2.48 bits per heavy atom. The Labute approximate surface area is 136 Å². The van der Waals surface area contributed by atoms with Gasteiger partial charge in [0, 0.05) is 39.3 Å². The zero-order chi connectivity index (χ0) is 16.1. The zero-order valence-corrected chi connectivity index (χ0v) is 13.2. The highest BCUT2D eigenvalue weighted by atomic mass is 16.2. The fourth-order valence-corrected chi connectivity index (χ4v) is 2.61. The minimum atomic E-state index is 0.138. The second-order valence-electron chi connectivity index (χ2n) is 5.51. The van der Waals surface area contributed by atoms with Crippen LogP contribution < -0.4 is 4.90 Å². The van der Waals surface area contributed by atoms with Crippen LogP contribution in [0.3, 0.4) is 0 Å². The third kappa shape index (κ3) is 3.94. The van der Waals surface area contributed by atoms with Gasteiger partial charge in [-0.1, -0.05) is 36.4 Å². The van der Waals surface area contributed by atoms with Crippen LogP contribution in [0.1, 0.15) is 18.3 Å². The molecular weight excluding hydrogens is 288 g/mol. The summed E-state index contributed by atoms with van der Waals surface area (Å²) in [5, 5.41) is 0. The summed E-state index contributed by atoms with van der Waals surface area (Å²) in [4.78, 5) is 24.4. The third-order valence-corrected chi connectivity index (χ3v) is 3.93. The lowest BCUT2D eigenvalue weighted by atomic mass is 10.2. The number of benzene rings is 1. The maximum absolute atomic E-state index is 11.4.